The Balaban J connectivity index is 2.33. The van der Waals surface area contributed by atoms with Gasteiger partial charge >= 0.3 is 0 Å². The van der Waals surface area contributed by atoms with Crippen LogP contribution in [0, 0.1) is 0 Å². The molecule has 0 bridgehead atoms. The Kier molecular flexibility index (Phi) is 4.55. The molecule has 3 N–H and O–H groups in total. The average Bonchev–Trinajstić information content (AvgIpc) is 2.43. The molecule has 1 amide bonds. The molecule has 110 valence electrons. The maximum Gasteiger partial charge on any atom is 0.259 e. The molecule has 0 fully saturated rings. The van der Waals surface area contributed by atoms with Crippen LogP contribution in [0.1, 0.15) is 10.4 Å². The Morgan fingerprint density at radius 2 is 1.95 bits per heavy atom. The van der Waals surface area contributed by atoms with Gasteiger partial charge in [-0.3, -0.25) is 4.79 Å². The third kappa shape index (κ3) is 3.56. The number of nitrogens with two attached hydrogens (primary N) is 1. The molecule has 7 heteroatoms. The quantitative estimate of drug-likeness (QED) is 0.850. The maximum atomic E-state index is 12.3. The first-order valence-electron chi connectivity index (χ1n) is 6.07. The van der Waals surface area contributed by atoms with E-state index in [9.17, 15) is 4.79 Å². The molecule has 2 aromatic rings. The van der Waals surface area contributed by atoms with E-state index in [1.807, 2.05) is 14.1 Å². The summed E-state index contributed by atoms with van der Waals surface area (Å²) < 4.78 is 0. The number of nitrogens with one attached hydrogen (secondary N) is 1. The summed E-state index contributed by atoms with van der Waals surface area (Å²) in [7, 11) is 3.65. The number of carbonyl (C=O) groups excluding carboxylic acids is 1. The van der Waals surface area contributed by atoms with Gasteiger partial charge < -0.3 is 16.0 Å². The molecule has 0 aliphatic rings. The fraction of sp³-hybridized carbons (Fsp3) is 0.143. The molecule has 0 radical (unpaired) electrons. The molecule has 1 aromatic carbocycles. The molecule has 0 aliphatic carbocycles. The number of amides is 1. The Labute approximate surface area is 132 Å². The van der Waals surface area contributed by atoms with Crippen molar-refractivity contribution in [2.75, 3.05) is 30.0 Å². The highest BCUT2D eigenvalue weighted by atomic mass is 35.5. The van der Waals surface area contributed by atoms with Crippen molar-refractivity contribution in [3.05, 3.63) is 46.1 Å². The minimum Gasteiger partial charge on any atom is -0.396 e. The number of aromatic nitrogens is 1. The van der Waals surface area contributed by atoms with Gasteiger partial charge in [0.25, 0.3) is 5.91 Å². The normalized spacial score (nSPS) is 10.3. The van der Waals surface area contributed by atoms with E-state index in [1.165, 1.54) is 12.3 Å². The predicted molar refractivity (Wildman–Crippen MR) is 87.4 cm³/mol. The zero-order valence-corrected chi connectivity index (χ0v) is 13.0. The molecule has 0 aliphatic heterocycles. The van der Waals surface area contributed by atoms with Gasteiger partial charge in [0.05, 0.1) is 22.0 Å². The summed E-state index contributed by atoms with van der Waals surface area (Å²) in [5.41, 5.74) is 7.36. The standard InChI is InChI=1S/C14H14Cl2N4O/c1-20(2)11-6-9(16)5-10(13(11)17)14(21)19-12-4-3-8(15)7-18-12/h3-7H,17H2,1-2H3,(H,18,19,21). The molecule has 0 atom stereocenters. The van der Waals surface area contributed by atoms with Gasteiger partial charge in [-0.15, -0.1) is 0 Å². The topological polar surface area (TPSA) is 71.2 Å². The van der Waals surface area contributed by atoms with Crippen molar-refractivity contribution in [2.45, 2.75) is 0 Å². The maximum absolute atomic E-state index is 12.3. The molecule has 1 heterocycles. The fourth-order valence-corrected chi connectivity index (χ4v) is 2.12. The summed E-state index contributed by atoms with van der Waals surface area (Å²) in [6.07, 6.45) is 1.45. The largest absolute Gasteiger partial charge is 0.396 e. The van der Waals surface area contributed by atoms with Gasteiger partial charge in [-0.25, -0.2) is 4.98 Å². The number of carbonyl (C=O) groups is 1. The molecular formula is C14H14Cl2N4O. The van der Waals surface area contributed by atoms with Crippen LogP contribution in [0.25, 0.3) is 0 Å². The highest BCUT2D eigenvalue weighted by Crippen LogP contribution is 2.30. The van der Waals surface area contributed by atoms with Crippen LogP contribution in [0.4, 0.5) is 17.2 Å². The second-order valence-electron chi connectivity index (χ2n) is 4.60. The van der Waals surface area contributed by atoms with Crippen molar-refractivity contribution in [2.24, 2.45) is 0 Å². The van der Waals surface area contributed by atoms with E-state index in [0.29, 0.717) is 32.8 Å². The average molecular weight is 325 g/mol. The van der Waals surface area contributed by atoms with E-state index in [0.717, 1.165) is 0 Å². The third-order valence-corrected chi connectivity index (χ3v) is 3.26. The van der Waals surface area contributed by atoms with Crippen LogP contribution in [0.2, 0.25) is 10.0 Å². The number of rotatable bonds is 3. The van der Waals surface area contributed by atoms with Gasteiger partial charge in [-0.05, 0) is 24.3 Å². The summed E-state index contributed by atoms with van der Waals surface area (Å²) in [6.45, 7) is 0. The number of hydrogen-bond donors (Lipinski definition) is 2. The highest BCUT2D eigenvalue weighted by Gasteiger charge is 2.16. The van der Waals surface area contributed by atoms with Gasteiger partial charge in [0.1, 0.15) is 5.82 Å². The SMILES string of the molecule is CN(C)c1cc(Cl)cc(C(=O)Nc2ccc(Cl)cn2)c1N. The van der Waals surface area contributed by atoms with Gasteiger partial charge in [-0.1, -0.05) is 23.2 Å². The second-order valence-corrected chi connectivity index (χ2v) is 5.47. The second kappa shape index (κ2) is 6.20. The third-order valence-electron chi connectivity index (χ3n) is 2.82. The number of anilines is 3. The molecule has 21 heavy (non-hydrogen) atoms. The lowest BCUT2D eigenvalue weighted by molar-refractivity contribution is 0.102. The monoisotopic (exact) mass is 324 g/mol. The van der Waals surface area contributed by atoms with E-state index >= 15 is 0 Å². The van der Waals surface area contributed by atoms with Crippen molar-refractivity contribution in [1.82, 2.24) is 4.98 Å². The highest BCUT2D eigenvalue weighted by molar-refractivity contribution is 6.32. The number of nitrogen functional groups attached to an aromatic ring is 1. The molecule has 0 unspecified atom stereocenters. The minimum atomic E-state index is -0.382. The van der Waals surface area contributed by atoms with Crippen molar-refractivity contribution in [3.8, 4) is 0 Å². The van der Waals surface area contributed by atoms with Gasteiger partial charge in [0, 0.05) is 25.3 Å². The molecule has 5 nitrogen and oxygen atoms in total. The lowest BCUT2D eigenvalue weighted by Gasteiger charge is -2.18. The Bertz CT molecular complexity index is 671. The van der Waals surface area contributed by atoms with Crippen LogP contribution in [-0.4, -0.2) is 25.0 Å². The Morgan fingerprint density at radius 1 is 1.24 bits per heavy atom. The molecular weight excluding hydrogens is 311 g/mol. The summed E-state index contributed by atoms with van der Waals surface area (Å²) in [5.74, 6) is 0.00287. The summed E-state index contributed by atoms with van der Waals surface area (Å²) in [5, 5.41) is 3.58. The van der Waals surface area contributed by atoms with E-state index in [1.54, 1.807) is 23.1 Å². The Morgan fingerprint density at radius 3 is 2.52 bits per heavy atom. The van der Waals surface area contributed by atoms with Crippen LogP contribution < -0.4 is 16.0 Å². The number of nitrogens with zero attached hydrogens (tertiary/aromatic N) is 2. The summed E-state index contributed by atoms with van der Waals surface area (Å²) in [4.78, 5) is 18.1. The first-order valence-corrected chi connectivity index (χ1v) is 6.83. The van der Waals surface area contributed by atoms with E-state index in [4.69, 9.17) is 28.9 Å². The molecule has 0 spiro atoms. The van der Waals surface area contributed by atoms with Crippen molar-refractivity contribution < 1.29 is 4.79 Å². The first-order chi connectivity index (χ1) is 9.88. The molecule has 2 rings (SSSR count). The molecule has 1 aromatic heterocycles. The zero-order chi connectivity index (χ0) is 15.6. The minimum absolute atomic E-state index is 0.294. The van der Waals surface area contributed by atoms with Gasteiger partial charge in [0.2, 0.25) is 0 Å². The van der Waals surface area contributed by atoms with E-state index < -0.39 is 0 Å². The fourth-order valence-electron chi connectivity index (χ4n) is 1.79. The van der Waals surface area contributed by atoms with Crippen molar-refractivity contribution in [3.63, 3.8) is 0 Å². The molecule has 0 saturated heterocycles. The lowest BCUT2D eigenvalue weighted by Crippen LogP contribution is -2.18. The summed E-state index contributed by atoms with van der Waals surface area (Å²) in [6, 6.07) is 6.47. The first kappa shape index (κ1) is 15.4. The van der Waals surface area contributed by atoms with Crippen LogP contribution in [-0.2, 0) is 0 Å². The zero-order valence-electron chi connectivity index (χ0n) is 11.5. The van der Waals surface area contributed by atoms with Crippen molar-refractivity contribution in [1.29, 1.82) is 0 Å². The summed E-state index contributed by atoms with van der Waals surface area (Å²) >= 11 is 11.8. The van der Waals surface area contributed by atoms with E-state index in [2.05, 4.69) is 10.3 Å². The van der Waals surface area contributed by atoms with E-state index in [-0.39, 0.29) is 5.91 Å². The van der Waals surface area contributed by atoms with Crippen LogP contribution in [0.3, 0.4) is 0 Å². The number of hydrogen-bond acceptors (Lipinski definition) is 4. The number of pyridine rings is 1. The van der Waals surface area contributed by atoms with Crippen LogP contribution in [0.5, 0.6) is 0 Å². The predicted octanol–water partition coefficient (Wildman–Crippen LogP) is 3.29. The number of halogens is 2. The van der Waals surface area contributed by atoms with Crippen molar-refractivity contribution >= 4 is 46.3 Å². The lowest BCUT2D eigenvalue weighted by atomic mass is 10.1. The van der Waals surface area contributed by atoms with Gasteiger partial charge in [0.15, 0.2) is 0 Å². The van der Waals surface area contributed by atoms with Gasteiger partial charge in [-0.2, -0.15) is 0 Å². The number of benzene rings is 1. The molecule has 0 saturated carbocycles. The van der Waals surface area contributed by atoms with Crippen LogP contribution in [0.15, 0.2) is 30.5 Å². The Hall–Kier alpha value is -1.98. The smallest absolute Gasteiger partial charge is 0.259 e. The van der Waals surface area contributed by atoms with Crippen LogP contribution >= 0.6 is 23.2 Å².